The van der Waals surface area contributed by atoms with Gasteiger partial charge < -0.3 is 10.3 Å². The van der Waals surface area contributed by atoms with Crippen LogP contribution in [0.2, 0.25) is 0 Å². The van der Waals surface area contributed by atoms with E-state index in [4.69, 9.17) is 5.73 Å². The highest BCUT2D eigenvalue weighted by molar-refractivity contribution is 5.76. The van der Waals surface area contributed by atoms with Gasteiger partial charge in [0.25, 0.3) is 0 Å². The van der Waals surface area contributed by atoms with Crippen molar-refractivity contribution in [2.24, 2.45) is 5.73 Å². The maximum atomic E-state index is 13.1. The zero-order chi connectivity index (χ0) is 10.8. The van der Waals surface area contributed by atoms with Crippen molar-refractivity contribution in [2.75, 3.05) is 0 Å². The molecule has 0 atom stereocenters. The molecule has 0 radical (unpaired) electrons. The molecule has 0 aliphatic heterocycles. The van der Waals surface area contributed by atoms with Gasteiger partial charge in [0.1, 0.15) is 11.6 Å². The van der Waals surface area contributed by atoms with Crippen LogP contribution in [0.3, 0.4) is 0 Å². The molecule has 4 heteroatoms. The lowest BCUT2D eigenvalue weighted by Crippen LogP contribution is -2.08. The Hall–Kier alpha value is -1.42. The summed E-state index contributed by atoms with van der Waals surface area (Å²) in [5.74, 6) is 0.584. The molecule has 2 N–H and O–H groups in total. The van der Waals surface area contributed by atoms with Crippen molar-refractivity contribution in [3.8, 4) is 0 Å². The Morgan fingerprint density at radius 2 is 2.27 bits per heavy atom. The molecule has 2 rings (SSSR count). The van der Waals surface area contributed by atoms with Gasteiger partial charge in [0.05, 0.1) is 17.6 Å². The first kappa shape index (κ1) is 10.1. The monoisotopic (exact) mass is 207 g/mol. The van der Waals surface area contributed by atoms with Crippen molar-refractivity contribution in [3.63, 3.8) is 0 Å². The molecule has 1 aromatic carbocycles. The fraction of sp³-hybridized carbons (Fsp3) is 0.364. The maximum absolute atomic E-state index is 13.1. The van der Waals surface area contributed by atoms with Gasteiger partial charge in [-0.1, -0.05) is 6.92 Å². The van der Waals surface area contributed by atoms with Gasteiger partial charge in [-0.05, 0) is 24.6 Å². The van der Waals surface area contributed by atoms with Crippen LogP contribution in [0.4, 0.5) is 4.39 Å². The van der Waals surface area contributed by atoms with E-state index in [1.165, 1.54) is 12.1 Å². The highest BCUT2D eigenvalue weighted by Gasteiger charge is 2.08. The second-order valence-corrected chi connectivity index (χ2v) is 3.52. The first-order chi connectivity index (χ1) is 7.26. The third-order valence-corrected chi connectivity index (χ3v) is 2.42. The minimum Gasteiger partial charge on any atom is -0.327 e. The van der Waals surface area contributed by atoms with Crippen LogP contribution in [0.5, 0.6) is 0 Å². The maximum Gasteiger partial charge on any atom is 0.125 e. The van der Waals surface area contributed by atoms with Crippen LogP contribution in [0, 0.1) is 5.82 Å². The van der Waals surface area contributed by atoms with E-state index in [-0.39, 0.29) is 5.82 Å². The first-order valence-corrected chi connectivity index (χ1v) is 5.11. The van der Waals surface area contributed by atoms with Gasteiger partial charge in [-0.25, -0.2) is 9.37 Å². The molecule has 0 spiro atoms. The molecule has 0 bridgehead atoms. The molecule has 0 unspecified atom stereocenters. The van der Waals surface area contributed by atoms with E-state index in [1.54, 1.807) is 6.07 Å². The van der Waals surface area contributed by atoms with E-state index in [9.17, 15) is 4.39 Å². The van der Waals surface area contributed by atoms with Crippen molar-refractivity contribution in [1.29, 1.82) is 0 Å². The summed E-state index contributed by atoms with van der Waals surface area (Å²) in [6, 6.07) is 4.62. The lowest BCUT2D eigenvalue weighted by atomic mass is 10.3. The average molecular weight is 207 g/mol. The average Bonchev–Trinajstić information content (AvgIpc) is 2.57. The fourth-order valence-electron chi connectivity index (χ4n) is 1.77. The molecule has 0 amide bonds. The summed E-state index contributed by atoms with van der Waals surface area (Å²) < 4.78 is 15.1. The minimum atomic E-state index is -0.233. The number of nitrogens with zero attached hydrogens (tertiary/aromatic N) is 2. The van der Waals surface area contributed by atoms with Crippen molar-refractivity contribution in [2.45, 2.75) is 26.4 Å². The van der Waals surface area contributed by atoms with Crippen LogP contribution in [-0.2, 0) is 13.1 Å². The summed E-state index contributed by atoms with van der Waals surface area (Å²) in [6.45, 7) is 3.29. The van der Waals surface area contributed by atoms with Gasteiger partial charge in [0.15, 0.2) is 0 Å². The molecule has 0 saturated carbocycles. The molecule has 15 heavy (non-hydrogen) atoms. The van der Waals surface area contributed by atoms with Crippen LogP contribution in [-0.4, -0.2) is 9.55 Å². The number of benzene rings is 1. The topological polar surface area (TPSA) is 43.8 Å². The number of rotatable bonds is 3. The summed E-state index contributed by atoms with van der Waals surface area (Å²) in [5, 5.41) is 0. The van der Waals surface area contributed by atoms with Gasteiger partial charge in [-0.15, -0.1) is 0 Å². The number of hydrogen-bond donors (Lipinski definition) is 1. The highest BCUT2D eigenvalue weighted by atomic mass is 19.1. The zero-order valence-corrected chi connectivity index (χ0v) is 8.70. The summed E-state index contributed by atoms with van der Waals surface area (Å²) in [4.78, 5) is 4.36. The zero-order valence-electron chi connectivity index (χ0n) is 8.70. The Kier molecular flexibility index (Phi) is 2.68. The Morgan fingerprint density at radius 1 is 1.47 bits per heavy atom. The Morgan fingerprint density at radius 3 is 2.93 bits per heavy atom. The van der Waals surface area contributed by atoms with Crippen LogP contribution in [0.15, 0.2) is 18.2 Å². The van der Waals surface area contributed by atoms with Crippen LogP contribution >= 0.6 is 0 Å². The second kappa shape index (κ2) is 3.98. The minimum absolute atomic E-state index is 0.233. The quantitative estimate of drug-likeness (QED) is 0.837. The van der Waals surface area contributed by atoms with Gasteiger partial charge in [-0.2, -0.15) is 0 Å². The number of aryl methyl sites for hydroxylation is 1. The lowest BCUT2D eigenvalue weighted by Gasteiger charge is -2.05. The van der Waals surface area contributed by atoms with Gasteiger partial charge >= 0.3 is 0 Å². The molecule has 1 heterocycles. The predicted octanol–water partition coefficient (Wildman–Crippen LogP) is 2.04. The van der Waals surface area contributed by atoms with Crippen LogP contribution in [0.1, 0.15) is 19.2 Å². The molecule has 80 valence electrons. The third-order valence-electron chi connectivity index (χ3n) is 2.42. The largest absolute Gasteiger partial charge is 0.327 e. The summed E-state index contributed by atoms with van der Waals surface area (Å²) in [5.41, 5.74) is 7.25. The Labute approximate surface area is 87.7 Å². The SMILES string of the molecule is CCCn1c(CN)nc2ccc(F)cc21. The lowest BCUT2D eigenvalue weighted by molar-refractivity contribution is 0.624. The number of halogens is 1. The van der Waals surface area contributed by atoms with E-state index >= 15 is 0 Å². The van der Waals surface area contributed by atoms with Crippen molar-refractivity contribution < 1.29 is 4.39 Å². The molecule has 0 fully saturated rings. The van der Waals surface area contributed by atoms with Crippen molar-refractivity contribution in [3.05, 3.63) is 29.8 Å². The number of nitrogens with two attached hydrogens (primary N) is 1. The van der Waals surface area contributed by atoms with E-state index in [0.29, 0.717) is 6.54 Å². The second-order valence-electron chi connectivity index (χ2n) is 3.52. The molecule has 0 aliphatic rings. The summed E-state index contributed by atoms with van der Waals surface area (Å²) in [7, 11) is 0. The van der Waals surface area contributed by atoms with Crippen LogP contribution in [0.25, 0.3) is 11.0 Å². The van der Waals surface area contributed by atoms with Crippen molar-refractivity contribution in [1.82, 2.24) is 9.55 Å². The molecule has 0 aliphatic carbocycles. The summed E-state index contributed by atoms with van der Waals surface area (Å²) >= 11 is 0. The molecular weight excluding hydrogens is 193 g/mol. The molecule has 1 aromatic heterocycles. The summed E-state index contributed by atoms with van der Waals surface area (Å²) in [6.07, 6.45) is 0.981. The smallest absolute Gasteiger partial charge is 0.125 e. The number of hydrogen-bond acceptors (Lipinski definition) is 2. The predicted molar refractivity (Wildman–Crippen MR) is 57.9 cm³/mol. The standard InChI is InChI=1S/C11H14FN3/c1-2-5-15-10-6-8(12)3-4-9(10)14-11(15)7-13/h3-4,6H,2,5,7,13H2,1H3. The number of fused-ring (bicyclic) bond motifs is 1. The van der Waals surface area contributed by atoms with Gasteiger partial charge in [0, 0.05) is 6.54 Å². The fourth-order valence-corrected chi connectivity index (χ4v) is 1.77. The Bertz CT molecular complexity index is 476. The van der Waals surface area contributed by atoms with E-state index in [2.05, 4.69) is 11.9 Å². The molecule has 2 aromatic rings. The number of imidazole rings is 1. The highest BCUT2D eigenvalue weighted by Crippen LogP contribution is 2.17. The van der Waals surface area contributed by atoms with E-state index in [1.807, 2.05) is 4.57 Å². The van der Waals surface area contributed by atoms with E-state index < -0.39 is 0 Å². The van der Waals surface area contributed by atoms with E-state index in [0.717, 1.165) is 29.8 Å². The first-order valence-electron chi connectivity index (χ1n) is 5.11. The van der Waals surface area contributed by atoms with Crippen LogP contribution < -0.4 is 5.73 Å². The number of aromatic nitrogens is 2. The molecular formula is C11H14FN3. The third kappa shape index (κ3) is 1.72. The van der Waals surface area contributed by atoms with Crippen molar-refractivity contribution >= 4 is 11.0 Å². The normalized spacial score (nSPS) is 11.1. The van der Waals surface area contributed by atoms with Gasteiger partial charge in [-0.3, -0.25) is 0 Å². The molecule has 0 saturated heterocycles. The van der Waals surface area contributed by atoms with Gasteiger partial charge in [0.2, 0.25) is 0 Å². The molecule has 3 nitrogen and oxygen atoms in total. The Balaban J connectivity index is 2.65.